The highest BCUT2D eigenvalue weighted by Gasteiger charge is 2.12. The topological polar surface area (TPSA) is 57.5 Å². The summed E-state index contributed by atoms with van der Waals surface area (Å²) in [5, 5.41) is 2.26. The molecule has 5 heteroatoms. The Morgan fingerprint density at radius 1 is 0.960 bits per heavy atom. The first kappa shape index (κ1) is 16.9. The number of para-hydroxylation sites is 2. The predicted octanol–water partition coefficient (Wildman–Crippen LogP) is 3.11. The maximum Gasteiger partial charge on any atom is 0.330 e. The van der Waals surface area contributed by atoms with Crippen molar-refractivity contribution in [2.45, 2.75) is 6.54 Å². The first-order valence-electron chi connectivity index (χ1n) is 8.05. The summed E-state index contributed by atoms with van der Waals surface area (Å²) in [6, 6.07) is 16.1. The number of Topliss-reactive ketones (excluding diaryl/α,β-unsaturated/α-hetero) is 1. The van der Waals surface area contributed by atoms with Crippen LogP contribution in [-0.4, -0.2) is 36.1 Å². The molecule has 0 N–H and O–H groups in total. The number of ketones is 1. The average Bonchev–Trinajstić information content (AvgIpc) is 2.95. The fourth-order valence-corrected chi connectivity index (χ4v) is 2.84. The third-order valence-electron chi connectivity index (χ3n) is 3.92. The number of ether oxygens (including phenoxy) is 2. The lowest BCUT2D eigenvalue weighted by atomic mass is 10.2. The minimum absolute atomic E-state index is 0.0214. The van der Waals surface area contributed by atoms with Crippen LogP contribution in [-0.2, 0) is 25.6 Å². The Bertz CT molecular complexity index is 872. The van der Waals surface area contributed by atoms with Crippen molar-refractivity contribution < 1.29 is 19.1 Å². The second-order valence-corrected chi connectivity index (χ2v) is 5.58. The van der Waals surface area contributed by atoms with Gasteiger partial charge in [-0.05, 0) is 12.1 Å². The maximum absolute atomic E-state index is 12.3. The molecule has 1 heterocycles. The highest BCUT2D eigenvalue weighted by molar-refractivity contribution is 6.08. The second-order valence-electron chi connectivity index (χ2n) is 5.58. The van der Waals surface area contributed by atoms with E-state index in [1.165, 1.54) is 0 Å². The number of benzene rings is 2. The molecule has 2 aromatic carbocycles. The number of rotatable bonds is 8. The van der Waals surface area contributed by atoms with Crippen molar-refractivity contribution in [1.29, 1.82) is 0 Å². The molecule has 0 unspecified atom stereocenters. The molecule has 0 fully saturated rings. The van der Waals surface area contributed by atoms with Crippen molar-refractivity contribution >= 4 is 33.6 Å². The van der Waals surface area contributed by atoms with Gasteiger partial charge in [-0.15, -0.1) is 0 Å². The van der Waals surface area contributed by atoms with E-state index in [-0.39, 0.29) is 32.1 Å². The van der Waals surface area contributed by atoms with Crippen molar-refractivity contribution in [1.82, 2.24) is 4.57 Å². The molecule has 5 nitrogen and oxygen atoms in total. The highest BCUT2D eigenvalue weighted by Crippen LogP contribution is 2.28. The number of hydrogen-bond donors (Lipinski definition) is 0. The van der Waals surface area contributed by atoms with Crippen LogP contribution in [0, 0.1) is 0 Å². The normalized spacial score (nSPS) is 10.9. The standard InChI is InChI=1S/C20H19NO4/c1-2-20(23)25-12-11-24-14-15(22)13-21-18-9-5-3-7-16(18)17-8-4-6-10-19(17)21/h2-10H,1,11-14H2. The highest BCUT2D eigenvalue weighted by atomic mass is 16.6. The number of fused-ring (bicyclic) bond motifs is 3. The Balaban J connectivity index is 1.67. The summed E-state index contributed by atoms with van der Waals surface area (Å²) in [7, 11) is 0. The van der Waals surface area contributed by atoms with E-state index in [0.29, 0.717) is 0 Å². The molecular weight excluding hydrogens is 318 g/mol. The molecule has 0 saturated carbocycles. The Labute approximate surface area is 145 Å². The number of carbonyl (C=O) groups is 2. The van der Waals surface area contributed by atoms with Crippen LogP contribution in [0.1, 0.15) is 0 Å². The van der Waals surface area contributed by atoms with Gasteiger partial charge in [-0.25, -0.2) is 4.79 Å². The first-order chi connectivity index (χ1) is 12.2. The third kappa shape index (κ3) is 3.78. The fourth-order valence-electron chi connectivity index (χ4n) is 2.84. The van der Waals surface area contributed by atoms with Crippen molar-refractivity contribution in [2.24, 2.45) is 0 Å². The van der Waals surface area contributed by atoms with Gasteiger partial charge in [-0.2, -0.15) is 0 Å². The van der Waals surface area contributed by atoms with Gasteiger partial charge in [0.25, 0.3) is 0 Å². The molecule has 3 rings (SSSR count). The minimum Gasteiger partial charge on any atom is -0.460 e. The van der Waals surface area contributed by atoms with E-state index in [4.69, 9.17) is 9.47 Å². The summed E-state index contributed by atoms with van der Waals surface area (Å²) in [6.45, 7) is 3.81. The summed E-state index contributed by atoms with van der Waals surface area (Å²) in [4.78, 5) is 23.2. The Hall–Kier alpha value is -2.92. The van der Waals surface area contributed by atoms with E-state index < -0.39 is 5.97 Å². The van der Waals surface area contributed by atoms with Crippen molar-refractivity contribution in [2.75, 3.05) is 19.8 Å². The van der Waals surface area contributed by atoms with Gasteiger partial charge >= 0.3 is 5.97 Å². The van der Waals surface area contributed by atoms with Crippen LogP contribution in [0.5, 0.6) is 0 Å². The maximum atomic E-state index is 12.3. The molecule has 25 heavy (non-hydrogen) atoms. The minimum atomic E-state index is -0.500. The summed E-state index contributed by atoms with van der Waals surface area (Å²) in [6.07, 6.45) is 1.09. The van der Waals surface area contributed by atoms with Crippen LogP contribution in [0.25, 0.3) is 21.8 Å². The molecule has 0 amide bonds. The number of aromatic nitrogens is 1. The van der Waals surface area contributed by atoms with Gasteiger partial charge in [-0.1, -0.05) is 43.0 Å². The Kier molecular flexibility index (Phi) is 5.26. The van der Waals surface area contributed by atoms with Gasteiger partial charge < -0.3 is 14.0 Å². The SMILES string of the molecule is C=CC(=O)OCCOCC(=O)Cn1c2ccccc2c2ccccc21. The molecular formula is C20H19NO4. The zero-order valence-corrected chi connectivity index (χ0v) is 13.8. The lowest BCUT2D eigenvalue weighted by Gasteiger charge is -2.08. The van der Waals surface area contributed by atoms with Crippen LogP contribution in [0.4, 0.5) is 0 Å². The summed E-state index contributed by atoms with van der Waals surface area (Å²) in [5.74, 6) is -0.540. The lowest BCUT2D eigenvalue weighted by Crippen LogP contribution is -2.18. The molecule has 0 saturated heterocycles. The summed E-state index contributed by atoms with van der Waals surface area (Å²) < 4.78 is 12.1. The average molecular weight is 337 g/mol. The number of nitrogens with zero attached hydrogens (tertiary/aromatic N) is 1. The van der Waals surface area contributed by atoms with Crippen LogP contribution in [0.2, 0.25) is 0 Å². The molecule has 128 valence electrons. The third-order valence-corrected chi connectivity index (χ3v) is 3.92. The van der Waals surface area contributed by atoms with Crippen LogP contribution >= 0.6 is 0 Å². The van der Waals surface area contributed by atoms with Gasteiger partial charge in [0.2, 0.25) is 0 Å². The van der Waals surface area contributed by atoms with Crippen LogP contribution < -0.4 is 0 Å². The van der Waals surface area contributed by atoms with Crippen LogP contribution in [0.15, 0.2) is 61.2 Å². The van der Waals surface area contributed by atoms with Gasteiger partial charge in [0.1, 0.15) is 13.2 Å². The van der Waals surface area contributed by atoms with E-state index in [2.05, 4.69) is 18.7 Å². The van der Waals surface area contributed by atoms with E-state index in [1.807, 2.05) is 41.0 Å². The molecule has 0 bridgehead atoms. The second kappa shape index (κ2) is 7.77. The van der Waals surface area contributed by atoms with Crippen LogP contribution in [0.3, 0.4) is 0 Å². The predicted molar refractivity (Wildman–Crippen MR) is 96.4 cm³/mol. The molecule has 0 atom stereocenters. The van der Waals surface area contributed by atoms with Gasteiger partial charge in [0, 0.05) is 27.9 Å². The van der Waals surface area contributed by atoms with Gasteiger partial charge in [0.05, 0.1) is 13.2 Å². The summed E-state index contributed by atoms with van der Waals surface area (Å²) in [5.41, 5.74) is 2.05. The zero-order chi connectivity index (χ0) is 17.6. The zero-order valence-electron chi connectivity index (χ0n) is 13.8. The fraction of sp³-hybridized carbons (Fsp3) is 0.200. The summed E-state index contributed by atoms with van der Waals surface area (Å²) >= 11 is 0. The Morgan fingerprint density at radius 2 is 1.56 bits per heavy atom. The van der Waals surface area contributed by atoms with Crippen molar-refractivity contribution in [3.05, 3.63) is 61.2 Å². The van der Waals surface area contributed by atoms with E-state index >= 15 is 0 Å². The van der Waals surface area contributed by atoms with Crippen molar-refractivity contribution in [3.8, 4) is 0 Å². The molecule has 0 spiro atoms. The molecule has 0 aliphatic rings. The van der Waals surface area contributed by atoms with Gasteiger partial charge in [0.15, 0.2) is 5.78 Å². The molecule has 0 aliphatic carbocycles. The van der Waals surface area contributed by atoms with E-state index in [9.17, 15) is 9.59 Å². The number of carbonyl (C=O) groups excluding carboxylic acids is 2. The van der Waals surface area contributed by atoms with Gasteiger partial charge in [-0.3, -0.25) is 4.79 Å². The first-order valence-corrected chi connectivity index (χ1v) is 8.05. The van der Waals surface area contributed by atoms with E-state index in [1.54, 1.807) is 0 Å². The molecule has 1 aromatic heterocycles. The number of esters is 1. The smallest absolute Gasteiger partial charge is 0.330 e. The quantitative estimate of drug-likeness (QED) is 0.360. The molecule has 0 aliphatic heterocycles. The number of hydrogen-bond acceptors (Lipinski definition) is 4. The lowest BCUT2D eigenvalue weighted by molar-refractivity contribution is -0.139. The molecule has 0 radical (unpaired) electrons. The van der Waals surface area contributed by atoms with E-state index in [0.717, 1.165) is 27.9 Å². The largest absolute Gasteiger partial charge is 0.460 e. The monoisotopic (exact) mass is 337 g/mol. The Morgan fingerprint density at radius 3 is 2.16 bits per heavy atom. The molecule has 3 aromatic rings. The van der Waals surface area contributed by atoms with Crippen molar-refractivity contribution in [3.63, 3.8) is 0 Å².